The molecule has 1 fully saturated rings. The molecule has 4 aromatic rings. The van der Waals surface area contributed by atoms with Crippen LogP contribution in [0.2, 0.25) is 0 Å². The van der Waals surface area contributed by atoms with E-state index in [-0.39, 0.29) is 6.10 Å². The Hall–Kier alpha value is -3.69. The zero-order valence-corrected chi connectivity index (χ0v) is 17.7. The number of rotatable bonds is 6. The smallest absolute Gasteiger partial charge is 0.216 e. The van der Waals surface area contributed by atoms with Gasteiger partial charge in [0, 0.05) is 38.5 Å². The van der Waals surface area contributed by atoms with Crippen molar-refractivity contribution >= 4 is 22.7 Å². The van der Waals surface area contributed by atoms with Crippen LogP contribution in [0, 0.1) is 0 Å². The molecule has 10 heteroatoms. The predicted octanol–water partition coefficient (Wildman–Crippen LogP) is 3.23. The van der Waals surface area contributed by atoms with Gasteiger partial charge < -0.3 is 14.8 Å². The molecular weight excluding hydrogens is 396 g/mol. The molecule has 10 nitrogen and oxygen atoms in total. The highest BCUT2D eigenvalue weighted by Crippen LogP contribution is 2.32. The van der Waals surface area contributed by atoms with Crippen molar-refractivity contribution in [3.05, 3.63) is 30.6 Å². The van der Waals surface area contributed by atoms with Crippen molar-refractivity contribution in [3.8, 4) is 23.1 Å². The predicted molar refractivity (Wildman–Crippen MR) is 115 cm³/mol. The Morgan fingerprint density at radius 2 is 1.94 bits per heavy atom. The summed E-state index contributed by atoms with van der Waals surface area (Å²) in [6.45, 7) is 0. The van der Waals surface area contributed by atoms with Gasteiger partial charge in [0.1, 0.15) is 23.1 Å². The van der Waals surface area contributed by atoms with Crippen LogP contribution in [0.15, 0.2) is 30.6 Å². The van der Waals surface area contributed by atoms with E-state index in [1.54, 1.807) is 34.9 Å². The summed E-state index contributed by atoms with van der Waals surface area (Å²) in [5, 5.41) is 13.1. The molecule has 0 spiro atoms. The van der Waals surface area contributed by atoms with Crippen LogP contribution in [0.4, 0.5) is 11.6 Å². The van der Waals surface area contributed by atoms with E-state index in [0.717, 1.165) is 35.4 Å². The maximum Gasteiger partial charge on any atom is 0.216 e. The summed E-state index contributed by atoms with van der Waals surface area (Å²) in [4.78, 5) is 13.4. The second-order valence-corrected chi connectivity index (χ2v) is 7.62. The van der Waals surface area contributed by atoms with E-state index in [1.165, 1.54) is 12.8 Å². The molecule has 5 rings (SSSR count). The normalized spacial score (nSPS) is 14.3. The quantitative estimate of drug-likeness (QED) is 0.507. The molecule has 0 atom stereocenters. The van der Waals surface area contributed by atoms with E-state index in [1.807, 2.05) is 26.2 Å². The average Bonchev–Trinajstić information content (AvgIpc) is 3.51. The van der Waals surface area contributed by atoms with Gasteiger partial charge in [0.25, 0.3) is 0 Å². The van der Waals surface area contributed by atoms with Gasteiger partial charge in [-0.2, -0.15) is 15.2 Å². The molecule has 0 aromatic carbocycles. The monoisotopic (exact) mass is 420 g/mol. The van der Waals surface area contributed by atoms with Crippen LogP contribution in [0.5, 0.6) is 11.6 Å². The summed E-state index contributed by atoms with van der Waals surface area (Å²) in [6, 6.07) is 5.50. The lowest BCUT2D eigenvalue weighted by Crippen LogP contribution is -2.11. The van der Waals surface area contributed by atoms with Crippen molar-refractivity contribution in [1.82, 2.24) is 34.5 Å². The van der Waals surface area contributed by atoms with Crippen LogP contribution >= 0.6 is 0 Å². The molecule has 4 heterocycles. The number of hydrogen-bond donors (Lipinski definition) is 1. The molecule has 0 bridgehead atoms. The number of fused-ring (bicyclic) bond motifs is 1. The number of pyridine rings is 1. The van der Waals surface area contributed by atoms with Gasteiger partial charge in [0.05, 0.1) is 24.8 Å². The largest absolute Gasteiger partial charge is 0.489 e. The Kier molecular flexibility index (Phi) is 4.89. The molecule has 0 unspecified atom stereocenters. The first kappa shape index (κ1) is 19.3. The lowest BCUT2D eigenvalue weighted by atomic mass is 10.2. The summed E-state index contributed by atoms with van der Waals surface area (Å²) < 4.78 is 15.0. The number of nitrogens with one attached hydrogen (secondary N) is 1. The van der Waals surface area contributed by atoms with Crippen molar-refractivity contribution in [2.45, 2.75) is 31.8 Å². The fourth-order valence-corrected chi connectivity index (χ4v) is 3.84. The topological polar surface area (TPSA) is 105 Å². The Morgan fingerprint density at radius 1 is 1.10 bits per heavy atom. The molecule has 0 amide bonds. The number of hydrogen-bond acceptors (Lipinski definition) is 8. The van der Waals surface area contributed by atoms with Crippen LogP contribution in [0.1, 0.15) is 25.7 Å². The number of nitrogens with zero attached hydrogens (tertiary/aromatic N) is 7. The van der Waals surface area contributed by atoms with Gasteiger partial charge in [-0.1, -0.05) is 0 Å². The molecule has 1 aliphatic carbocycles. The van der Waals surface area contributed by atoms with Crippen molar-refractivity contribution in [3.63, 3.8) is 0 Å². The van der Waals surface area contributed by atoms with Crippen LogP contribution in [0.3, 0.4) is 0 Å². The number of methoxy groups -OCH3 is 1. The Labute approximate surface area is 179 Å². The lowest BCUT2D eigenvalue weighted by Gasteiger charge is -2.15. The van der Waals surface area contributed by atoms with Crippen molar-refractivity contribution in [2.24, 2.45) is 14.1 Å². The van der Waals surface area contributed by atoms with Crippen LogP contribution in [-0.2, 0) is 14.1 Å². The maximum atomic E-state index is 6.32. The molecule has 0 saturated heterocycles. The fraction of sp³-hybridized carbons (Fsp3) is 0.381. The minimum atomic E-state index is 0.243. The van der Waals surface area contributed by atoms with Gasteiger partial charge in [-0.3, -0.25) is 9.36 Å². The molecule has 1 aliphatic rings. The SMILES string of the molecule is COc1ccnc(-c2cc(Nc3cc(OC4CCCC4)c4cnn(C)c4n3)n(C)n2)n1. The number of anilines is 2. The summed E-state index contributed by atoms with van der Waals surface area (Å²) in [5.41, 5.74) is 1.39. The van der Waals surface area contributed by atoms with E-state index >= 15 is 0 Å². The van der Waals surface area contributed by atoms with E-state index in [9.17, 15) is 0 Å². The summed E-state index contributed by atoms with van der Waals surface area (Å²) in [5.74, 6) is 3.18. The summed E-state index contributed by atoms with van der Waals surface area (Å²) >= 11 is 0. The van der Waals surface area contributed by atoms with E-state index < -0.39 is 0 Å². The molecule has 0 radical (unpaired) electrons. The molecule has 160 valence electrons. The molecule has 0 aliphatic heterocycles. The highest BCUT2D eigenvalue weighted by molar-refractivity contribution is 5.84. The minimum Gasteiger partial charge on any atom is -0.489 e. The summed E-state index contributed by atoms with van der Waals surface area (Å²) in [7, 11) is 5.30. The number of aromatic nitrogens is 7. The third kappa shape index (κ3) is 3.76. The Bertz CT molecular complexity index is 1230. The Balaban J connectivity index is 1.47. The van der Waals surface area contributed by atoms with Crippen LogP contribution in [0.25, 0.3) is 22.6 Å². The minimum absolute atomic E-state index is 0.243. The first-order valence-corrected chi connectivity index (χ1v) is 10.3. The number of aryl methyl sites for hydroxylation is 2. The fourth-order valence-electron chi connectivity index (χ4n) is 3.84. The standard InChI is InChI=1S/C21H24N8O2/c1-28-18(10-15(27-28)20-22-9-8-19(26-20)30-3)24-17-11-16(31-13-6-4-5-7-13)14-12-23-29(2)21(14)25-17/h8-13H,4-7H2,1-3H3,(H,24,25). The molecule has 4 aromatic heterocycles. The molecule has 1 N–H and O–H groups in total. The Morgan fingerprint density at radius 3 is 2.74 bits per heavy atom. The van der Waals surface area contributed by atoms with E-state index in [4.69, 9.17) is 14.5 Å². The first-order chi connectivity index (χ1) is 15.1. The zero-order valence-electron chi connectivity index (χ0n) is 17.7. The lowest BCUT2D eigenvalue weighted by molar-refractivity contribution is 0.213. The highest BCUT2D eigenvalue weighted by atomic mass is 16.5. The van der Waals surface area contributed by atoms with Gasteiger partial charge in [-0.15, -0.1) is 0 Å². The van der Waals surface area contributed by atoms with E-state index in [0.29, 0.717) is 23.2 Å². The average molecular weight is 420 g/mol. The van der Waals surface area contributed by atoms with E-state index in [2.05, 4.69) is 25.5 Å². The maximum absolute atomic E-state index is 6.32. The second kappa shape index (κ2) is 7.86. The number of ether oxygens (including phenoxy) is 2. The van der Waals surface area contributed by atoms with Crippen molar-refractivity contribution < 1.29 is 9.47 Å². The van der Waals surface area contributed by atoms with Gasteiger partial charge in [0.2, 0.25) is 5.88 Å². The molecular formula is C21H24N8O2. The van der Waals surface area contributed by atoms with Gasteiger partial charge >= 0.3 is 0 Å². The van der Waals surface area contributed by atoms with Crippen molar-refractivity contribution in [1.29, 1.82) is 0 Å². The van der Waals surface area contributed by atoms with Gasteiger partial charge in [0.15, 0.2) is 11.5 Å². The first-order valence-electron chi connectivity index (χ1n) is 10.3. The highest BCUT2D eigenvalue weighted by Gasteiger charge is 2.20. The van der Waals surface area contributed by atoms with Crippen LogP contribution in [-0.4, -0.2) is 47.7 Å². The van der Waals surface area contributed by atoms with Gasteiger partial charge in [-0.05, 0) is 25.7 Å². The van der Waals surface area contributed by atoms with Gasteiger partial charge in [-0.25, -0.2) is 9.97 Å². The zero-order chi connectivity index (χ0) is 21.4. The summed E-state index contributed by atoms with van der Waals surface area (Å²) in [6.07, 6.45) is 8.28. The molecule has 31 heavy (non-hydrogen) atoms. The third-order valence-electron chi connectivity index (χ3n) is 5.47. The second-order valence-electron chi connectivity index (χ2n) is 7.62. The van der Waals surface area contributed by atoms with Crippen LogP contribution < -0.4 is 14.8 Å². The molecule has 1 saturated carbocycles. The third-order valence-corrected chi connectivity index (χ3v) is 5.47. The van der Waals surface area contributed by atoms with Crippen molar-refractivity contribution in [2.75, 3.05) is 12.4 Å².